The number of nitrogens with zero attached hydrogens (tertiary/aromatic N) is 1. The first-order valence-electron chi connectivity index (χ1n) is 6.41. The largest absolute Gasteiger partial charge is 0.379 e. The smallest absolute Gasteiger partial charge is 0.274 e. The average Bonchev–Trinajstić information content (AvgIpc) is 2.87. The quantitative estimate of drug-likeness (QED) is 0.636. The number of carbonyl (C=O) groups excluding carboxylic acids is 1. The highest BCUT2D eigenvalue weighted by Gasteiger charge is 2.38. The first-order valence-corrected chi connectivity index (χ1v) is 6.41. The molecule has 108 valence electrons. The molecule has 0 saturated carbocycles. The standard InChI is InChI=1S/C13H17N3O4/c1-2-9-3-4-10(7-11(9)16(18)19)15-12(17)13(14)5-6-20-8-13/h3-4,7H,2,5-6,8,14H2,1H3,(H,15,17). The molecule has 0 bridgehead atoms. The van der Waals surface area contributed by atoms with Gasteiger partial charge in [-0.25, -0.2) is 0 Å². The van der Waals surface area contributed by atoms with Gasteiger partial charge >= 0.3 is 0 Å². The van der Waals surface area contributed by atoms with Gasteiger partial charge in [0.05, 0.1) is 11.5 Å². The van der Waals surface area contributed by atoms with Crippen LogP contribution in [-0.4, -0.2) is 29.6 Å². The molecule has 1 atom stereocenters. The van der Waals surface area contributed by atoms with Gasteiger partial charge in [0.1, 0.15) is 5.54 Å². The van der Waals surface area contributed by atoms with Crippen molar-refractivity contribution < 1.29 is 14.5 Å². The molecule has 1 aromatic carbocycles. The predicted molar refractivity (Wildman–Crippen MR) is 73.5 cm³/mol. The monoisotopic (exact) mass is 279 g/mol. The third-order valence-corrected chi connectivity index (χ3v) is 3.43. The number of hydrogen-bond donors (Lipinski definition) is 2. The third kappa shape index (κ3) is 2.78. The molecule has 0 spiro atoms. The molecule has 1 unspecified atom stereocenters. The zero-order valence-corrected chi connectivity index (χ0v) is 11.2. The SMILES string of the molecule is CCc1ccc(NC(=O)C2(N)CCOC2)cc1[N+](=O)[O-]. The van der Waals surface area contributed by atoms with Crippen LogP contribution < -0.4 is 11.1 Å². The molecular weight excluding hydrogens is 262 g/mol. The van der Waals surface area contributed by atoms with Crippen molar-refractivity contribution in [2.24, 2.45) is 5.73 Å². The fourth-order valence-electron chi connectivity index (χ4n) is 2.13. The van der Waals surface area contributed by atoms with E-state index < -0.39 is 10.5 Å². The summed E-state index contributed by atoms with van der Waals surface area (Å²) >= 11 is 0. The van der Waals surface area contributed by atoms with Crippen LogP contribution in [0.3, 0.4) is 0 Å². The van der Waals surface area contributed by atoms with Crippen LogP contribution in [0.5, 0.6) is 0 Å². The van der Waals surface area contributed by atoms with Crippen molar-refractivity contribution in [1.82, 2.24) is 0 Å². The molecule has 7 nitrogen and oxygen atoms in total. The molecule has 1 amide bonds. The van der Waals surface area contributed by atoms with E-state index in [9.17, 15) is 14.9 Å². The number of hydrogen-bond acceptors (Lipinski definition) is 5. The highest BCUT2D eigenvalue weighted by atomic mass is 16.6. The lowest BCUT2D eigenvalue weighted by Gasteiger charge is -2.20. The second-order valence-electron chi connectivity index (χ2n) is 4.87. The molecular formula is C13H17N3O4. The summed E-state index contributed by atoms with van der Waals surface area (Å²) < 4.78 is 5.12. The number of aryl methyl sites for hydroxylation is 1. The van der Waals surface area contributed by atoms with Crippen LogP contribution in [0.25, 0.3) is 0 Å². The summed E-state index contributed by atoms with van der Waals surface area (Å²) in [7, 11) is 0. The van der Waals surface area contributed by atoms with Crippen LogP contribution in [0.15, 0.2) is 18.2 Å². The van der Waals surface area contributed by atoms with Crippen LogP contribution in [0, 0.1) is 10.1 Å². The van der Waals surface area contributed by atoms with Crippen LogP contribution >= 0.6 is 0 Å². The maximum absolute atomic E-state index is 12.1. The van der Waals surface area contributed by atoms with E-state index >= 15 is 0 Å². The van der Waals surface area contributed by atoms with Crippen LogP contribution in [0.1, 0.15) is 18.9 Å². The fourth-order valence-corrected chi connectivity index (χ4v) is 2.13. The van der Waals surface area contributed by atoms with E-state index in [0.29, 0.717) is 30.7 Å². The number of nitrogens with one attached hydrogen (secondary N) is 1. The number of carbonyl (C=O) groups is 1. The van der Waals surface area contributed by atoms with Gasteiger partial charge in [-0.2, -0.15) is 0 Å². The number of nitrogens with two attached hydrogens (primary N) is 1. The molecule has 7 heteroatoms. The highest BCUT2D eigenvalue weighted by Crippen LogP contribution is 2.25. The molecule has 1 aromatic rings. The Labute approximate surface area is 116 Å². The summed E-state index contributed by atoms with van der Waals surface area (Å²) in [6, 6.07) is 4.64. The van der Waals surface area contributed by atoms with Gasteiger partial charge in [-0.3, -0.25) is 14.9 Å². The van der Waals surface area contributed by atoms with Gasteiger partial charge in [0.25, 0.3) is 5.69 Å². The minimum atomic E-state index is -1.06. The van der Waals surface area contributed by atoms with Crippen molar-refractivity contribution in [2.75, 3.05) is 18.5 Å². The molecule has 0 radical (unpaired) electrons. The first kappa shape index (κ1) is 14.4. The fraction of sp³-hybridized carbons (Fsp3) is 0.462. The Hall–Kier alpha value is -1.99. The van der Waals surface area contributed by atoms with E-state index in [4.69, 9.17) is 10.5 Å². The Morgan fingerprint density at radius 3 is 2.90 bits per heavy atom. The molecule has 1 saturated heterocycles. The van der Waals surface area contributed by atoms with E-state index in [-0.39, 0.29) is 18.2 Å². The number of anilines is 1. The highest BCUT2D eigenvalue weighted by molar-refractivity contribution is 5.98. The van der Waals surface area contributed by atoms with Crippen LogP contribution in [-0.2, 0) is 16.0 Å². The second-order valence-corrected chi connectivity index (χ2v) is 4.87. The third-order valence-electron chi connectivity index (χ3n) is 3.43. The zero-order chi connectivity index (χ0) is 14.8. The molecule has 1 aliphatic heterocycles. The van der Waals surface area contributed by atoms with E-state index in [1.807, 2.05) is 6.92 Å². The summed E-state index contributed by atoms with van der Waals surface area (Å²) in [5.41, 5.74) is 5.87. The van der Waals surface area contributed by atoms with Gasteiger partial charge in [0.15, 0.2) is 0 Å². The van der Waals surface area contributed by atoms with Gasteiger partial charge in [0.2, 0.25) is 5.91 Å². The average molecular weight is 279 g/mol. The lowest BCUT2D eigenvalue weighted by Crippen LogP contribution is -2.51. The van der Waals surface area contributed by atoms with Crippen molar-refractivity contribution in [3.8, 4) is 0 Å². The summed E-state index contributed by atoms with van der Waals surface area (Å²) in [4.78, 5) is 22.6. The van der Waals surface area contributed by atoms with E-state index in [0.717, 1.165) is 0 Å². The van der Waals surface area contributed by atoms with Crippen LogP contribution in [0.4, 0.5) is 11.4 Å². The number of nitro groups is 1. The number of amides is 1. The van der Waals surface area contributed by atoms with Gasteiger partial charge < -0.3 is 15.8 Å². The number of benzene rings is 1. The van der Waals surface area contributed by atoms with Crippen molar-refractivity contribution in [1.29, 1.82) is 0 Å². The molecule has 1 fully saturated rings. The van der Waals surface area contributed by atoms with Crippen molar-refractivity contribution >= 4 is 17.3 Å². The van der Waals surface area contributed by atoms with Gasteiger partial charge in [-0.1, -0.05) is 13.0 Å². The van der Waals surface area contributed by atoms with Gasteiger partial charge in [0, 0.05) is 23.9 Å². The summed E-state index contributed by atoms with van der Waals surface area (Å²) in [6.07, 6.45) is 0.993. The minimum Gasteiger partial charge on any atom is -0.379 e. The summed E-state index contributed by atoms with van der Waals surface area (Å²) in [5.74, 6) is -0.381. The number of nitro benzene ring substituents is 1. The molecule has 3 N–H and O–H groups in total. The maximum Gasteiger partial charge on any atom is 0.274 e. The Morgan fingerprint density at radius 1 is 1.60 bits per heavy atom. The molecule has 20 heavy (non-hydrogen) atoms. The maximum atomic E-state index is 12.1. The zero-order valence-electron chi connectivity index (χ0n) is 11.2. The first-order chi connectivity index (χ1) is 9.46. The van der Waals surface area contributed by atoms with E-state index in [1.54, 1.807) is 12.1 Å². The van der Waals surface area contributed by atoms with Gasteiger partial charge in [-0.05, 0) is 18.9 Å². The number of rotatable bonds is 4. The lowest BCUT2D eigenvalue weighted by atomic mass is 9.99. The van der Waals surface area contributed by atoms with E-state index in [1.165, 1.54) is 6.07 Å². The molecule has 1 heterocycles. The lowest BCUT2D eigenvalue weighted by molar-refractivity contribution is -0.385. The van der Waals surface area contributed by atoms with E-state index in [2.05, 4.69) is 5.32 Å². The minimum absolute atomic E-state index is 0.000886. The second kappa shape index (κ2) is 5.56. The summed E-state index contributed by atoms with van der Waals surface area (Å²) in [6.45, 7) is 2.44. The van der Waals surface area contributed by atoms with Crippen LogP contribution in [0.2, 0.25) is 0 Å². The Morgan fingerprint density at radius 2 is 2.35 bits per heavy atom. The van der Waals surface area contributed by atoms with Crippen molar-refractivity contribution in [2.45, 2.75) is 25.3 Å². The topological polar surface area (TPSA) is 107 Å². The van der Waals surface area contributed by atoms with Crippen molar-refractivity contribution in [3.63, 3.8) is 0 Å². The Kier molecular flexibility index (Phi) is 4.01. The normalized spacial score (nSPS) is 21.7. The number of ether oxygens (including phenoxy) is 1. The van der Waals surface area contributed by atoms with Gasteiger partial charge in [-0.15, -0.1) is 0 Å². The molecule has 2 rings (SSSR count). The summed E-state index contributed by atoms with van der Waals surface area (Å²) in [5, 5.41) is 13.6. The molecule has 0 aromatic heterocycles. The molecule has 1 aliphatic rings. The Balaban J connectivity index is 2.19. The molecule has 0 aliphatic carbocycles. The Bertz CT molecular complexity index is 538. The van der Waals surface area contributed by atoms with Crippen molar-refractivity contribution in [3.05, 3.63) is 33.9 Å². The predicted octanol–water partition coefficient (Wildman–Crippen LogP) is 1.21.